The number of hydrogen-bond donors (Lipinski definition) is 1. The molecule has 0 saturated carbocycles. The van der Waals surface area contributed by atoms with E-state index >= 15 is 0 Å². The van der Waals surface area contributed by atoms with Crippen LogP contribution in [-0.4, -0.2) is 40.5 Å². The number of aromatic nitrogens is 1. The Kier molecular flexibility index (Phi) is 7.36. The van der Waals surface area contributed by atoms with Gasteiger partial charge < -0.3 is 14.6 Å². The summed E-state index contributed by atoms with van der Waals surface area (Å²) in [4.78, 5) is 49.4. The molecule has 2 rings (SSSR count). The zero-order valence-corrected chi connectivity index (χ0v) is 18.0. The van der Waals surface area contributed by atoms with Crippen molar-refractivity contribution in [3.63, 3.8) is 0 Å². The number of nitrogens with zero attached hydrogens (tertiary/aromatic N) is 1. The van der Waals surface area contributed by atoms with Crippen LogP contribution < -0.4 is 10.9 Å². The highest BCUT2D eigenvalue weighted by Gasteiger charge is 2.29. The monoisotopic (exact) mass is 438 g/mol. The molecule has 1 unspecified atom stereocenters. The van der Waals surface area contributed by atoms with Gasteiger partial charge in [0.05, 0.1) is 6.42 Å². The topological polar surface area (TPSA) is 94.5 Å². The van der Waals surface area contributed by atoms with E-state index in [1.807, 2.05) is 0 Å². The van der Waals surface area contributed by atoms with Gasteiger partial charge in [-0.15, -0.1) is 0 Å². The quantitative estimate of drug-likeness (QED) is 0.670. The van der Waals surface area contributed by atoms with Crippen molar-refractivity contribution < 1.29 is 23.5 Å². The molecule has 0 spiro atoms. The van der Waals surface area contributed by atoms with Crippen LogP contribution in [-0.2, 0) is 19.1 Å². The van der Waals surface area contributed by atoms with Crippen LogP contribution in [0.15, 0.2) is 35.3 Å². The van der Waals surface area contributed by atoms with E-state index in [1.54, 1.807) is 39.0 Å². The summed E-state index contributed by atoms with van der Waals surface area (Å²) in [5.74, 6) is -2.42. The summed E-state index contributed by atoms with van der Waals surface area (Å²) in [5.41, 5.74) is -1.24. The van der Waals surface area contributed by atoms with E-state index in [-0.39, 0.29) is 0 Å². The lowest BCUT2D eigenvalue weighted by molar-refractivity contribution is -0.156. The van der Waals surface area contributed by atoms with Crippen molar-refractivity contribution in [2.45, 2.75) is 51.8 Å². The third-order valence-electron chi connectivity index (χ3n) is 4.32. The molecule has 1 heterocycles. The van der Waals surface area contributed by atoms with E-state index in [2.05, 4.69) is 5.32 Å². The maximum absolute atomic E-state index is 13.0. The van der Waals surface area contributed by atoms with Crippen LogP contribution in [0.2, 0.25) is 5.02 Å². The van der Waals surface area contributed by atoms with Crippen LogP contribution in [0.25, 0.3) is 10.8 Å². The number of Topliss-reactive ketones (excluding diaryl/α,β-unsaturated/α-hetero) is 1. The van der Waals surface area contributed by atoms with E-state index in [0.29, 0.717) is 15.8 Å². The van der Waals surface area contributed by atoms with Gasteiger partial charge in [0.2, 0.25) is 5.91 Å². The van der Waals surface area contributed by atoms with Gasteiger partial charge in [-0.3, -0.25) is 19.2 Å². The summed E-state index contributed by atoms with van der Waals surface area (Å²) in [7, 11) is 0. The fourth-order valence-electron chi connectivity index (χ4n) is 2.84. The lowest BCUT2D eigenvalue weighted by atomic mass is 10.1. The van der Waals surface area contributed by atoms with E-state index < -0.39 is 54.0 Å². The molecule has 7 nitrogen and oxygen atoms in total. The normalized spacial score (nSPS) is 13.5. The molecule has 0 aliphatic carbocycles. The van der Waals surface area contributed by atoms with Crippen molar-refractivity contribution in [3.05, 3.63) is 45.8 Å². The number of fused-ring (bicyclic) bond motifs is 1. The van der Waals surface area contributed by atoms with Crippen molar-refractivity contribution in [1.82, 2.24) is 9.88 Å². The number of alkyl halides is 1. The second-order valence-electron chi connectivity index (χ2n) is 7.89. The molecule has 2 atom stereocenters. The minimum Gasteiger partial charge on any atom is -0.460 e. The molecule has 0 fully saturated rings. The van der Waals surface area contributed by atoms with E-state index in [9.17, 15) is 23.6 Å². The predicted octanol–water partition coefficient (Wildman–Crippen LogP) is 2.97. The third-order valence-corrected chi connectivity index (χ3v) is 4.55. The van der Waals surface area contributed by atoms with Crippen LogP contribution in [0, 0.1) is 0 Å². The SMILES string of the molecule is C[C@@H](C(=O)NC(CC(=O)OC(C)(C)C)C(=O)CF)n1ccc2ccc(Cl)cc2c1=O. The Balaban J connectivity index is 2.24. The fraction of sp³-hybridized carbons (Fsp3) is 0.429. The Morgan fingerprint density at radius 2 is 1.90 bits per heavy atom. The van der Waals surface area contributed by atoms with Gasteiger partial charge in [-0.05, 0) is 51.3 Å². The van der Waals surface area contributed by atoms with Gasteiger partial charge in [0, 0.05) is 16.6 Å². The number of ether oxygens (including phenoxy) is 1. The van der Waals surface area contributed by atoms with Crippen LogP contribution in [0.3, 0.4) is 0 Å². The van der Waals surface area contributed by atoms with Gasteiger partial charge in [-0.2, -0.15) is 0 Å². The van der Waals surface area contributed by atoms with Gasteiger partial charge in [-0.1, -0.05) is 17.7 Å². The summed E-state index contributed by atoms with van der Waals surface area (Å²) in [6.45, 7) is 5.05. The largest absolute Gasteiger partial charge is 0.460 e. The Hall–Kier alpha value is -2.74. The molecular weight excluding hydrogens is 415 g/mol. The number of benzene rings is 1. The summed E-state index contributed by atoms with van der Waals surface area (Å²) < 4.78 is 19.3. The molecule has 1 aromatic heterocycles. The molecule has 2 aromatic rings. The van der Waals surface area contributed by atoms with Crippen molar-refractivity contribution in [3.8, 4) is 0 Å². The van der Waals surface area contributed by atoms with E-state index in [4.69, 9.17) is 16.3 Å². The van der Waals surface area contributed by atoms with Crippen LogP contribution >= 0.6 is 11.6 Å². The molecule has 0 radical (unpaired) electrons. The molecule has 0 bridgehead atoms. The molecule has 1 aromatic carbocycles. The molecule has 9 heteroatoms. The van der Waals surface area contributed by atoms with Gasteiger partial charge in [-0.25, -0.2) is 4.39 Å². The average Bonchev–Trinajstić information content (AvgIpc) is 2.65. The first-order valence-corrected chi connectivity index (χ1v) is 9.72. The summed E-state index contributed by atoms with van der Waals surface area (Å²) >= 11 is 5.95. The third kappa shape index (κ3) is 5.89. The molecule has 1 amide bonds. The highest BCUT2D eigenvalue weighted by molar-refractivity contribution is 6.31. The standard InChI is InChI=1S/C21H24ClFN2O5/c1-12(25-8-7-13-5-6-14(22)9-15(13)20(25)29)19(28)24-16(17(26)11-23)10-18(27)30-21(2,3)4/h5-9,12,16H,10-11H2,1-4H3,(H,24,28)/t12-,16?/m0/s1. The number of hydrogen-bond acceptors (Lipinski definition) is 5. The lowest BCUT2D eigenvalue weighted by Gasteiger charge is -2.23. The van der Waals surface area contributed by atoms with Gasteiger partial charge in [0.25, 0.3) is 5.56 Å². The number of halogens is 2. The van der Waals surface area contributed by atoms with Gasteiger partial charge in [0.15, 0.2) is 5.78 Å². The van der Waals surface area contributed by atoms with Gasteiger partial charge >= 0.3 is 5.97 Å². The van der Waals surface area contributed by atoms with Crippen molar-refractivity contribution in [1.29, 1.82) is 0 Å². The minimum absolute atomic E-state index is 0.329. The second kappa shape index (κ2) is 9.38. The highest BCUT2D eigenvalue weighted by atomic mass is 35.5. The van der Waals surface area contributed by atoms with E-state index in [0.717, 1.165) is 0 Å². The Morgan fingerprint density at radius 1 is 1.23 bits per heavy atom. The fourth-order valence-corrected chi connectivity index (χ4v) is 3.01. The maximum atomic E-state index is 13.0. The lowest BCUT2D eigenvalue weighted by Crippen LogP contribution is -2.47. The van der Waals surface area contributed by atoms with Crippen molar-refractivity contribution in [2.75, 3.05) is 6.67 Å². The smallest absolute Gasteiger partial charge is 0.308 e. The predicted molar refractivity (Wildman–Crippen MR) is 111 cm³/mol. The molecule has 1 N–H and O–H groups in total. The van der Waals surface area contributed by atoms with Crippen molar-refractivity contribution in [2.24, 2.45) is 0 Å². The maximum Gasteiger partial charge on any atom is 0.308 e. The minimum atomic E-state index is -1.40. The highest BCUT2D eigenvalue weighted by Crippen LogP contribution is 2.17. The zero-order chi connectivity index (χ0) is 22.6. The first-order valence-electron chi connectivity index (χ1n) is 9.34. The summed E-state index contributed by atoms with van der Waals surface area (Å²) in [6, 6.07) is 4.07. The molecule has 0 saturated heterocycles. The number of esters is 1. The number of carbonyl (C=O) groups excluding carboxylic acids is 3. The summed E-state index contributed by atoms with van der Waals surface area (Å²) in [5, 5.41) is 3.71. The van der Waals surface area contributed by atoms with E-state index in [1.165, 1.54) is 23.8 Å². The van der Waals surface area contributed by atoms with Gasteiger partial charge in [0.1, 0.15) is 24.4 Å². The van der Waals surface area contributed by atoms with Crippen LogP contribution in [0.1, 0.15) is 40.2 Å². The number of amides is 1. The number of pyridine rings is 1. The van der Waals surface area contributed by atoms with Crippen LogP contribution in [0.5, 0.6) is 0 Å². The molecule has 0 aliphatic rings. The Morgan fingerprint density at radius 3 is 2.50 bits per heavy atom. The summed E-state index contributed by atoms with van der Waals surface area (Å²) in [6.07, 6.45) is 0.934. The Bertz CT molecular complexity index is 1030. The number of rotatable bonds is 7. The second-order valence-corrected chi connectivity index (χ2v) is 8.32. The number of carbonyl (C=O) groups is 3. The number of nitrogens with one attached hydrogen (secondary N) is 1. The molecular formula is C21H24ClFN2O5. The first kappa shape index (κ1) is 23.5. The number of ketones is 1. The first-order chi connectivity index (χ1) is 13.9. The zero-order valence-electron chi connectivity index (χ0n) is 17.2. The molecule has 0 aliphatic heterocycles. The van der Waals surface area contributed by atoms with Crippen molar-refractivity contribution >= 4 is 40.0 Å². The molecule has 30 heavy (non-hydrogen) atoms. The molecule has 162 valence electrons. The Labute approximate surface area is 178 Å². The van der Waals surface area contributed by atoms with Crippen LogP contribution in [0.4, 0.5) is 4.39 Å². The average molecular weight is 439 g/mol.